The van der Waals surface area contributed by atoms with Crippen LogP contribution in [0, 0.1) is 6.92 Å². The molecule has 0 bridgehead atoms. The van der Waals surface area contributed by atoms with Crippen molar-refractivity contribution in [1.82, 2.24) is 15.1 Å². The molecule has 2 heterocycles. The highest BCUT2D eigenvalue weighted by molar-refractivity contribution is 6.22. The van der Waals surface area contributed by atoms with Gasteiger partial charge in [-0.1, -0.05) is 18.6 Å². The van der Waals surface area contributed by atoms with E-state index in [2.05, 4.69) is 5.32 Å². The molecule has 136 valence electrons. The van der Waals surface area contributed by atoms with Crippen LogP contribution in [0.25, 0.3) is 0 Å². The number of benzene rings is 1. The molecule has 6 nitrogen and oxygen atoms in total. The third-order valence-corrected chi connectivity index (χ3v) is 4.68. The van der Waals surface area contributed by atoms with Gasteiger partial charge in [0.2, 0.25) is 5.91 Å². The second kappa shape index (κ2) is 7.97. The summed E-state index contributed by atoms with van der Waals surface area (Å²) < 4.78 is 0. The molecule has 0 spiro atoms. The zero-order chi connectivity index (χ0) is 17.3. The van der Waals surface area contributed by atoms with Gasteiger partial charge in [-0.15, -0.1) is 12.4 Å². The van der Waals surface area contributed by atoms with Gasteiger partial charge >= 0.3 is 0 Å². The fourth-order valence-electron chi connectivity index (χ4n) is 3.43. The first-order chi connectivity index (χ1) is 11.5. The molecule has 1 aromatic rings. The first-order valence-corrected chi connectivity index (χ1v) is 8.50. The quantitative estimate of drug-likeness (QED) is 0.805. The minimum Gasteiger partial charge on any atom is -0.337 e. The lowest BCUT2D eigenvalue weighted by molar-refractivity contribution is -0.133. The Morgan fingerprint density at radius 3 is 2.64 bits per heavy atom. The molecule has 7 heteroatoms. The molecule has 0 radical (unpaired) electrons. The molecule has 1 aromatic carbocycles. The van der Waals surface area contributed by atoms with Crippen molar-refractivity contribution >= 4 is 30.1 Å². The number of amides is 3. The molecule has 25 heavy (non-hydrogen) atoms. The maximum atomic E-state index is 12.7. The molecule has 0 saturated carbocycles. The summed E-state index contributed by atoms with van der Waals surface area (Å²) in [5, 5.41) is 3.26. The number of fused-ring (bicyclic) bond motifs is 1. The fraction of sp³-hybridized carbons (Fsp3) is 0.500. The molecule has 1 unspecified atom stereocenters. The summed E-state index contributed by atoms with van der Waals surface area (Å²) in [5.41, 5.74) is 1.72. The van der Waals surface area contributed by atoms with Crippen LogP contribution in [0.4, 0.5) is 0 Å². The minimum absolute atomic E-state index is 0. The number of imide groups is 1. The summed E-state index contributed by atoms with van der Waals surface area (Å²) >= 11 is 0. The smallest absolute Gasteiger partial charge is 0.262 e. The van der Waals surface area contributed by atoms with Crippen molar-refractivity contribution in [3.63, 3.8) is 0 Å². The van der Waals surface area contributed by atoms with Gasteiger partial charge in [0.15, 0.2) is 0 Å². The predicted molar refractivity (Wildman–Crippen MR) is 97.1 cm³/mol. The summed E-state index contributed by atoms with van der Waals surface area (Å²) in [6, 6.07) is 5.34. The normalized spacial score (nSPS) is 19.0. The van der Waals surface area contributed by atoms with Crippen LogP contribution in [0.1, 0.15) is 46.0 Å². The molecule has 1 N–H and O–H groups in total. The van der Waals surface area contributed by atoms with Gasteiger partial charge in [0.05, 0.1) is 11.1 Å². The standard InChI is InChI=1S/C18H23N3O3.ClH/c1-3-8-20(13-6-7-19-10-13)16(22)11-21-17(23)14-5-4-12(2)9-15(14)18(21)24;/h4-5,9,13,19H,3,6-8,10-11H2,1-2H3;1H. The van der Waals surface area contributed by atoms with Crippen molar-refractivity contribution in [2.24, 2.45) is 0 Å². The zero-order valence-electron chi connectivity index (χ0n) is 14.6. The van der Waals surface area contributed by atoms with E-state index in [1.807, 2.05) is 24.8 Å². The minimum atomic E-state index is -0.371. The highest BCUT2D eigenvalue weighted by Crippen LogP contribution is 2.24. The monoisotopic (exact) mass is 365 g/mol. The first-order valence-electron chi connectivity index (χ1n) is 8.50. The highest BCUT2D eigenvalue weighted by atomic mass is 35.5. The van der Waals surface area contributed by atoms with Crippen LogP contribution in [0.5, 0.6) is 0 Å². The summed E-state index contributed by atoms with van der Waals surface area (Å²) in [6.45, 7) is 6.03. The van der Waals surface area contributed by atoms with Gasteiger partial charge in [-0.3, -0.25) is 19.3 Å². The van der Waals surface area contributed by atoms with Gasteiger partial charge in [-0.05, 0) is 38.4 Å². The number of rotatable bonds is 5. The van der Waals surface area contributed by atoms with E-state index in [4.69, 9.17) is 0 Å². The molecule has 1 fully saturated rings. The number of aryl methyl sites for hydroxylation is 1. The Balaban J connectivity index is 0.00000225. The van der Waals surface area contributed by atoms with Crippen molar-refractivity contribution in [3.8, 4) is 0 Å². The van der Waals surface area contributed by atoms with E-state index in [9.17, 15) is 14.4 Å². The van der Waals surface area contributed by atoms with Crippen LogP contribution in [0.2, 0.25) is 0 Å². The average molecular weight is 366 g/mol. The number of carbonyl (C=O) groups is 3. The van der Waals surface area contributed by atoms with E-state index < -0.39 is 0 Å². The van der Waals surface area contributed by atoms with Crippen LogP contribution in [-0.4, -0.2) is 59.7 Å². The van der Waals surface area contributed by atoms with E-state index >= 15 is 0 Å². The Labute approximate surface area is 154 Å². The molecule has 3 amide bonds. The number of hydrogen-bond acceptors (Lipinski definition) is 4. The predicted octanol–water partition coefficient (Wildman–Crippen LogP) is 1.61. The second-order valence-electron chi connectivity index (χ2n) is 6.48. The Bertz CT molecular complexity index is 686. The maximum Gasteiger partial charge on any atom is 0.262 e. The van der Waals surface area contributed by atoms with Crippen molar-refractivity contribution in [2.75, 3.05) is 26.2 Å². The summed E-state index contributed by atoms with van der Waals surface area (Å²) in [7, 11) is 0. The average Bonchev–Trinajstić information content (AvgIpc) is 3.16. The number of hydrogen-bond donors (Lipinski definition) is 1. The highest BCUT2D eigenvalue weighted by Gasteiger charge is 2.38. The van der Waals surface area contributed by atoms with Crippen molar-refractivity contribution in [3.05, 3.63) is 34.9 Å². The lowest BCUT2D eigenvalue weighted by atomic mass is 10.1. The molecule has 1 atom stereocenters. The zero-order valence-corrected chi connectivity index (χ0v) is 15.4. The number of halogens is 1. The topological polar surface area (TPSA) is 69.7 Å². The Morgan fingerprint density at radius 2 is 2.00 bits per heavy atom. The molecule has 0 aromatic heterocycles. The molecule has 2 aliphatic rings. The third kappa shape index (κ3) is 3.70. The Kier molecular flexibility index (Phi) is 6.19. The van der Waals surface area contributed by atoms with Crippen molar-refractivity contribution in [2.45, 2.75) is 32.7 Å². The molecule has 1 saturated heterocycles. The first kappa shape index (κ1) is 19.4. The molecule has 0 aliphatic carbocycles. The summed E-state index contributed by atoms with van der Waals surface area (Å²) in [6.07, 6.45) is 1.76. The second-order valence-corrected chi connectivity index (χ2v) is 6.48. The van der Waals surface area contributed by atoms with E-state index in [0.29, 0.717) is 17.7 Å². The van der Waals surface area contributed by atoms with Crippen LogP contribution >= 0.6 is 12.4 Å². The number of nitrogens with one attached hydrogen (secondary N) is 1. The van der Waals surface area contributed by atoms with Gasteiger partial charge in [-0.25, -0.2) is 0 Å². The summed E-state index contributed by atoms with van der Waals surface area (Å²) in [5.74, 6) is -0.894. The van der Waals surface area contributed by atoms with Crippen LogP contribution in [0.3, 0.4) is 0 Å². The van der Waals surface area contributed by atoms with E-state index in [0.717, 1.165) is 36.4 Å². The van der Waals surface area contributed by atoms with Gasteiger partial charge in [0.25, 0.3) is 11.8 Å². The summed E-state index contributed by atoms with van der Waals surface area (Å²) in [4.78, 5) is 40.6. The SMILES string of the molecule is CCCN(C(=O)CN1C(=O)c2ccc(C)cc2C1=O)C1CCNC1.Cl. The molecular weight excluding hydrogens is 342 g/mol. The van der Waals surface area contributed by atoms with E-state index in [-0.39, 0.29) is 42.7 Å². The van der Waals surface area contributed by atoms with Crippen LogP contribution in [0.15, 0.2) is 18.2 Å². The molecule has 3 rings (SSSR count). The van der Waals surface area contributed by atoms with Crippen LogP contribution in [-0.2, 0) is 4.79 Å². The van der Waals surface area contributed by atoms with Crippen LogP contribution < -0.4 is 5.32 Å². The van der Waals surface area contributed by atoms with E-state index in [1.54, 1.807) is 12.1 Å². The van der Waals surface area contributed by atoms with Gasteiger partial charge in [0.1, 0.15) is 6.54 Å². The third-order valence-electron chi connectivity index (χ3n) is 4.68. The lowest BCUT2D eigenvalue weighted by Crippen LogP contribution is -2.48. The Hall–Kier alpha value is -1.92. The maximum absolute atomic E-state index is 12.7. The lowest BCUT2D eigenvalue weighted by Gasteiger charge is -2.29. The van der Waals surface area contributed by atoms with Crippen molar-refractivity contribution in [1.29, 1.82) is 0 Å². The van der Waals surface area contributed by atoms with Gasteiger partial charge < -0.3 is 10.2 Å². The Morgan fingerprint density at radius 1 is 1.28 bits per heavy atom. The van der Waals surface area contributed by atoms with E-state index in [1.165, 1.54) is 0 Å². The number of carbonyl (C=O) groups excluding carboxylic acids is 3. The van der Waals surface area contributed by atoms with Crippen molar-refractivity contribution < 1.29 is 14.4 Å². The fourth-order valence-corrected chi connectivity index (χ4v) is 3.43. The van der Waals surface area contributed by atoms with Gasteiger partial charge in [0, 0.05) is 19.1 Å². The largest absolute Gasteiger partial charge is 0.337 e. The van der Waals surface area contributed by atoms with Gasteiger partial charge in [-0.2, -0.15) is 0 Å². The molecule has 2 aliphatic heterocycles. The number of nitrogens with zero attached hydrogens (tertiary/aromatic N) is 2. The molecular formula is C18H24ClN3O3.